The number of amides is 1. The van der Waals surface area contributed by atoms with Crippen LogP contribution in [-0.2, 0) is 4.79 Å². The van der Waals surface area contributed by atoms with Gasteiger partial charge in [0.05, 0.1) is 10.4 Å². The maximum atomic E-state index is 12.0. The number of ketones is 2. The van der Waals surface area contributed by atoms with Crippen molar-refractivity contribution in [2.45, 2.75) is 27.2 Å². The Morgan fingerprint density at radius 2 is 2.05 bits per heavy atom. The van der Waals surface area contributed by atoms with Gasteiger partial charge in [0.2, 0.25) is 0 Å². The number of rotatable bonds is 4. The number of hydrogen-bond acceptors (Lipinski definition) is 4. The van der Waals surface area contributed by atoms with Gasteiger partial charge in [-0.25, -0.2) is 0 Å². The molecule has 1 amide bonds. The predicted molar refractivity (Wildman–Crippen MR) is 82.7 cm³/mol. The molecule has 5 heteroatoms. The smallest absolute Gasteiger partial charge is 0.252 e. The fraction of sp³-hybridized carbons (Fsp3) is 0.312. The summed E-state index contributed by atoms with van der Waals surface area (Å²) in [5.74, 6) is -0.263. The lowest BCUT2D eigenvalue weighted by atomic mass is 9.92. The summed E-state index contributed by atoms with van der Waals surface area (Å²) in [6, 6.07) is 1.58. The third-order valence-corrected chi connectivity index (χ3v) is 4.38. The summed E-state index contributed by atoms with van der Waals surface area (Å²) in [5.41, 5.74) is 3.05. The van der Waals surface area contributed by atoms with Crippen molar-refractivity contribution < 1.29 is 14.4 Å². The van der Waals surface area contributed by atoms with Crippen molar-refractivity contribution in [2.75, 3.05) is 6.54 Å². The SMILES string of the molecule is CC(=O)c1cc(C(=O)NCC2=C(C)C=C(C)CC2=O)cs1. The van der Waals surface area contributed by atoms with Gasteiger partial charge in [-0.1, -0.05) is 11.6 Å². The average Bonchev–Trinajstić information content (AvgIpc) is 2.86. The molecule has 1 aromatic rings. The van der Waals surface area contributed by atoms with Crippen molar-refractivity contribution in [1.29, 1.82) is 0 Å². The zero-order valence-electron chi connectivity index (χ0n) is 12.3. The van der Waals surface area contributed by atoms with Crippen molar-refractivity contribution in [3.05, 3.63) is 44.7 Å². The zero-order chi connectivity index (χ0) is 15.6. The Kier molecular flexibility index (Phi) is 4.53. The molecule has 4 nitrogen and oxygen atoms in total. The second kappa shape index (κ2) is 6.18. The minimum absolute atomic E-state index is 0.0549. The van der Waals surface area contributed by atoms with Gasteiger partial charge < -0.3 is 5.32 Å². The van der Waals surface area contributed by atoms with Crippen LogP contribution in [0.5, 0.6) is 0 Å². The number of thiophene rings is 1. The highest BCUT2D eigenvalue weighted by molar-refractivity contribution is 7.12. The maximum Gasteiger partial charge on any atom is 0.252 e. The van der Waals surface area contributed by atoms with Crippen LogP contribution in [-0.4, -0.2) is 24.0 Å². The Morgan fingerprint density at radius 1 is 1.33 bits per heavy atom. The molecule has 21 heavy (non-hydrogen) atoms. The molecule has 2 rings (SSSR count). The van der Waals surface area contributed by atoms with E-state index in [9.17, 15) is 14.4 Å². The molecule has 0 aliphatic heterocycles. The molecule has 1 aliphatic rings. The highest BCUT2D eigenvalue weighted by atomic mass is 32.1. The lowest BCUT2D eigenvalue weighted by Crippen LogP contribution is -2.29. The number of hydrogen-bond donors (Lipinski definition) is 1. The lowest BCUT2D eigenvalue weighted by molar-refractivity contribution is -0.115. The Balaban J connectivity index is 2.05. The lowest BCUT2D eigenvalue weighted by Gasteiger charge is -2.15. The minimum atomic E-state index is -0.266. The summed E-state index contributed by atoms with van der Waals surface area (Å²) in [5, 5.41) is 4.40. The molecule has 0 aromatic carbocycles. The number of Topliss-reactive ketones (excluding diaryl/α,β-unsaturated/α-hetero) is 2. The quantitative estimate of drug-likeness (QED) is 0.870. The fourth-order valence-corrected chi connectivity index (χ4v) is 3.03. The van der Waals surface area contributed by atoms with E-state index in [-0.39, 0.29) is 24.0 Å². The minimum Gasteiger partial charge on any atom is -0.348 e. The van der Waals surface area contributed by atoms with Gasteiger partial charge in [0.25, 0.3) is 5.91 Å². The van der Waals surface area contributed by atoms with Crippen LogP contribution in [0.4, 0.5) is 0 Å². The number of carbonyl (C=O) groups is 3. The van der Waals surface area contributed by atoms with Crippen LogP contribution in [0.3, 0.4) is 0 Å². The summed E-state index contributed by atoms with van der Waals surface area (Å²) >= 11 is 1.25. The molecule has 110 valence electrons. The van der Waals surface area contributed by atoms with Crippen LogP contribution in [0.15, 0.2) is 34.2 Å². The van der Waals surface area contributed by atoms with E-state index in [1.807, 2.05) is 19.9 Å². The first-order chi connectivity index (χ1) is 9.88. The molecule has 0 spiro atoms. The van der Waals surface area contributed by atoms with E-state index >= 15 is 0 Å². The summed E-state index contributed by atoms with van der Waals surface area (Å²) in [6.45, 7) is 5.49. The highest BCUT2D eigenvalue weighted by Crippen LogP contribution is 2.20. The van der Waals surface area contributed by atoms with E-state index in [4.69, 9.17) is 0 Å². The van der Waals surface area contributed by atoms with Gasteiger partial charge in [0.1, 0.15) is 0 Å². The molecular formula is C16H17NO3S. The van der Waals surface area contributed by atoms with Gasteiger partial charge in [-0.05, 0) is 32.4 Å². The standard InChI is InChI=1S/C16H17NO3S/c1-9-4-10(2)13(14(19)5-9)7-17-16(20)12-6-15(11(3)18)21-8-12/h4,6,8H,5,7H2,1-3H3,(H,17,20). The molecule has 1 aromatic heterocycles. The molecule has 0 bridgehead atoms. The molecule has 0 radical (unpaired) electrons. The number of allylic oxidation sites excluding steroid dienone is 3. The Morgan fingerprint density at radius 3 is 2.62 bits per heavy atom. The van der Waals surface area contributed by atoms with Gasteiger partial charge in [0, 0.05) is 23.9 Å². The molecule has 0 fully saturated rings. The molecule has 1 heterocycles. The van der Waals surface area contributed by atoms with E-state index in [0.717, 1.165) is 11.1 Å². The Hall–Kier alpha value is -2.01. The first-order valence-electron chi connectivity index (χ1n) is 6.66. The first kappa shape index (κ1) is 15.4. The molecule has 0 saturated heterocycles. The van der Waals surface area contributed by atoms with Crippen LogP contribution >= 0.6 is 11.3 Å². The molecule has 1 N–H and O–H groups in total. The van der Waals surface area contributed by atoms with Gasteiger partial charge in [0.15, 0.2) is 11.6 Å². The summed E-state index contributed by atoms with van der Waals surface area (Å²) in [6.07, 6.45) is 2.39. The van der Waals surface area contributed by atoms with E-state index in [1.165, 1.54) is 18.3 Å². The molecule has 0 atom stereocenters. The zero-order valence-corrected chi connectivity index (χ0v) is 13.1. The van der Waals surface area contributed by atoms with Crippen LogP contribution in [0.2, 0.25) is 0 Å². The fourth-order valence-electron chi connectivity index (χ4n) is 2.24. The van der Waals surface area contributed by atoms with Crippen molar-refractivity contribution >= 4 is 28.8 Å². The Bertz CT molecular complexity index is 679. The second-order valence-electron chi connectivity index (χ2n) is 5.19. The van der Waals surface area contributed by atoms with Crippen molar-refractivity contribution in [2.24, 2.45) is 0 Å². The third kappa shape index (κ3) is 3.55. The molecule has 0 unspecified atom stereocenters. The predicted octanol–water partition coefficient (Wildman–Crippen LogP) is 2.92. The maximum absolute atomic E-state index is 12.0. The largest absolute Gasteiger partial charge is 0.348 e. The van der Waals surface area contributed by atoms with Crippen LogP contribution in [0, 0.1) is 0 Å². The molecule has 1 aliphatic carbocycles. The van der Waals surface area contributed by atoms with Gasteiger partial charge in [-0.2, -0.15) is 0 Å². The number of carbonyl (C=O) groups excluding carboxylic acids is 3. The summed E-state index contributed by atoms with van der Waals surface area (Å²) in [4.78, 5) is 35.8. The average molecular weight is 303 g/mol. The molecular weight excluding hydrogens is 286 g/mol. The second-order valence-corrected chi connectivity index (χ2v) is 6.10. The monoisotopic (exact) mass is 303 g/mol. The topological polar surface area (TPSA) is 63.2 Å². The van der Waals surface area contributed by atoms with E-state index < -0.39 is 0 Å². The Labute approximate surface area is 127 Å². The van der Waals surface area contributed by atoms with Gasteiger partial charge in [-0.3, -0.25) is 14.4 Å². The highest BCUT2D eigenvalue weighted by Gasteiger charge is 2.18. The summed E-state index contributed by atoms with van der Waals surface area (Å²) in [7, 11) is 0. The first-order valence-corrected chi connectivity index (χ1v) is 7.54. The van der Waals surface area contributed by atoms with E-state index in [1.54, 1.807) is 11.4 Å². The van der Waals surface area contributed by atoms with E-state index in [0.29, 0.717) is 22.4 Å². The van der Waals surface area contributed by atoms with Gasteiger partial charge in [-0.15, -0.1) is 11.3 Å². The van der Waals surface area contributed by atoms with Crippen molar-refractivity contribution in [3.63, 3.8) is 0 Å². The summed E-state index contributed by atoms with van der Waals surface area (Å²) < 4.78 is 0. The van der Waals surface area contributed by atoms with Crippen LogP contribution in [0.25, 0.3) is 0 Å². The van der Waals surface area contributed by atoms with Crippen LogP contribution in [0.1, 0.15) is 47.2 Å². The third-order valence-electron chi connectivity index (χ3n) is 3.35. The van der Waals surface area contributed by atoms with Gasteiger partial charge >= 0.3 is 0 Å². The number of nitrogens with one attached hydrogen (secondary N) is 1. The van der Waals surface area contributed by atoms with Crippen molar-refractivity contribution in [3.8, 4) is 0 Å². The van der Waals surface area contributed by atoms with Crippen LogP contribution < -0.4 is 5.32 Å². The molecule has 0 saturated carbocycles. The van der Waals surface area contributed by atoms with Crippen molar-refractivity contribution in [1.82, 2.24) is 5.32 Å². The normalized spacial score (nSPS) is 15.0. The van der Waals surface area contributed by atoms with E-state index in [2.05, 4.69) is 5.32 Å².